The van der Waals surface area contributed by atoms with E-state index < -0.39 is 0 Å². The van der Waals surface area contributed by atoms with Gasteiger partial charge in [0.15, 0.2) is 0 Å². The molecule has 1 aromatic rings. The fraction of sp³-hybridized carbons (Fsp3) is 0.429. The summed E-state index contributed by atoms with van der Waals surface area (Å²) in [6.07, 6.45) is 0. The van der Waals surface area contributed by atoms with Gasteiger partial charge in [-0.1, -0.05) is 26.0 Å². The van der Waals surface area contributed by atoms with Crippen molar-refractivity contribution in [1.29, 1.82) is 5.26 Å². The number of carbonyl (C=O) groups is 1. The molecule has 0 aliphatic carbocycles. The number of nitrogens with zero attached hydrogens (tertiary/aromatic N) is 1. The average molecular weight is 245 g/mol. The average Bonchev–Trinajstić information content (AvgIpc) is 2.36. The molecule has 0 aromatic heterocycles. The molecular formula is C14H19N3O. The fourth-order valence-electron chi connectivity index (χ4n) is 1.45. The summed E-state index contributed by atoms with van der Waals surface area (Å²) in [4.78, 5) is 11.4. The highest BCUT2D eigenvalue weighted by Crippen LogP contribution is 2.03. The molecule has 18 heavy (non-hydrogen) atoms. The molecule has 0 heterocycles. The van der Waals surface area contributed by atoms with Crippen molar-refractivity contribution in [1.82, 2.24) is 10.6 Å². The number of hydrogen-bond donors (Lipinski definition) is 2. The summed E-state index contributed by atoms with van der Waals surface area (Å²) in [5.41, 5.74) is 1.64. The highest BCUT2D eigenvalue weighted by Gasteiger charge is 2.02. The number of hydrogen-bond acceptors (Lipinski definition) is 3. The second-order valence-electron chi connectivity index (χ2n) is 4.61. The zero-order valence-electron chi connectivity index (χ0n) is 10.9. The predicted octanol–water partition coefficient (Wildman–Crippen LogP) is 1.42. The standard InChI is InChI=1S/C14H19N3O/c1-11(2)8-17-14(18)10-16-9-13-5-3-4-12(6-13)7-15/h3-6,11,16H,8-10H2,1-2H3,(H,17,18). The number of rotatable bonds is 6. The number of carbonyl (C=O) groups excluding carboxylic acids is 1. The number of amides is 1. The van der Waals surface area contributed by atoms with Gasteiger partial charge in [-0.05, 0) is 23.6 Å². The van der Waals surface area contributed by atoms with Crippen LogP contribution in [0.4, 0.5) is 0 Å². The van der Waals surface area contributed by atoms with E-state index in [4.69, 9.17) is 5.26 Å². The maximum atomic E-state index is 11.4. The van der Waals surface area contributed by atoms with Gasteiger partial charge < -0.3 is 10.6 Å². The number of benzene rings is 1. The van der Waals surface area contributed by atoms with Crippen LogP contribution < -0.4 is 10.6 Å². The van der Waals surface area contributed by atoms with Crippen LogP contribution in [0, 0.1) is 17.2 Å². The van der Waals surface area contributed by atoms with Crippen molar-refractivity contribution in [2.75, 3.05) is 13.1 Å². The van der Waals surface area contributed by atoms with Gasteiger partial charge in [-0.15, -0.1) is 0 Å². The summed E-state index contributed by atoms with van der Waals surface area (Å²) in [5.74, 6) is 0.460. The van der Waals surface area contributed by atoms with E-state index in [1.54, 1.807) is 6.07 Å². The van der Waals surface area contributed by atoms with E-state index in [0.717, 1.165) is 5.56 Å². The lowest BCUT2D eigenvalue weighted by atomic mass is 10.1. The van der Waals surface area contributed by atoms with Gasteiger partial charge in [0.25, 0.3) is 0 Å². The van der Waals surface area contributed by atoms with Crippen LogP contribution in [0.15, 0.2) is 24.3 Å². The van der Waals surface area contributed by atoms with Gasteiger partial charge in [-0.25, -0.2) is 0 Å². The van der Waals surface area contributed by atoms with Crippen molar-refractivity contribution in [2.45, 2.75) is 20.4 Å². The summed E-state index contributed by atoms with van der Waals surface area (Å²) >= 11 is 0. The third kappa shape index (κ3) is 5.46. The number of nitriles is 1. The summed E-state index contributed by atoms with van der Waals surface area (Å²) in [5, 5.41) is 14.7. The molecule has 0 aliphatic heterocycles. The molecule has 1 amide bonds. The lowest BCUT2D eigenvalue weighted by Gasteiger charge is -2.08. The summed E-state index contributed by atoms with van der Waals surface area (Å²) in [7, 11) is 0. The second-order valence-corrected chi connectivity index (χ2v) is 4.61. The molecule has 0 bridgehead atoms. The molecule has 0 radical (unpaired) electrons. The predicted molar refractivity (Wildman–Crippen MR) is 70.7 cm³/mol. The number of nitrogens with one attached hydrogen (secondary N) is 2. The quantitative estimate of drug-likeness (QED) is 0.796. The van der Waals surface area contributed by atoms with Crippen LogP contribution in [0.5, 0.6) is 0 Å². The highest BCUT2D eigenvalue weighted by atomic mass is 16.1. The second kappa shape index (κ2) is 7.46. The molecule has 4 nitrogen and oxygen atoms in total. The maximum absolute atomic E-state index is 11.4. The van der Waals surface area contributed by atoms with Crippen LogP contribution in [-0.4, -0.2) is 19.0 Å². The van der Waals surface area contributed by atoms with E-state index in [-0.39, 0.29) is 5.91 Å². The molecule has 4 heteroatoms. The van der Waals surface area contributed by atoms with Crippen molar-refractivity contribution in [3.63, 3.8) is 0 Å². The van der Waals surface area contributed by atoms with E-state index in [2.05, 4.69) is 30.6 Å². The Morgan fingerprint density at radius 2 is 2.22 bits per heavy atom. The third-order valence-corrected chi connectivity index (χ3v) is 2.38. The van der Waals surface area contributed by atoms with Crippen molar-refractivity contribution < 1.29 is 4.79 Å². The fourth-order valence-corrected chi connectivity index (χ4v) is 1.45. The molecule has 0 saturated heterocycles. The maximum Gasteiger partial charge on any atom is 0.233 e. The van der Waals surface area contributed by atoms with Crippen LogP contribution in [0.1, 0.15) is 25.0 Å². The van der Waals surface area contributed by atoms with Crippen molar-refractivity contribution in [3.05, 3.63) is 35.4 Å². The molecule has 0 unspecified atom stereocenters. The molecular weight excluding hydrogens is 226 g/mol. The minimum Gasteiger partial charge on any atom is -0.355 e. The molecule has 0 spiro atoms. The van der Waals surface area contributed by atoms with E-state index in [1.807, 2.05) is 18.2 Å². The van der Waals surface area contributed by atoms with Crippen molar-refractivity contribution in [2.24, 2.45) is 5.92 Å². The van der Waals surface area contributed by atoms with Crippen molar-refractivity contribution >= 4 is 5.91 Å². The zero-order valence-corrected chi connectivity index (χ0v) is 10.9. The van der Waals surface area contributed by atoms with Crippen LogP contribution in [0.3, 0.4) is 0 Å². The Kier molecular flexibility index (Phi) is 5.89. The van der Waals surface area contributed by atoms with Crippen LogP contribution in [-0.2, 0) is 11.3 Å². The van der Waals surface area contributed by atoms with E-state index >= 15 is 0 Å². The Morgan fingerprint density at radius 1 is 1.44 bits per heavy atom. The molecule has 0 atom stereocenters. The first-order valence-corrected chi connectivity index (χ1v) is 6.08. The first-order valence-electron chi connectivity index (χ1n) is 6.08. The van der Waals surface area contributed by atoms with Gasteiger partial charge in [-0.3, -0.25) is 4.79 Å². The van der Waals surface area contributed by atoms with Crippen molar-refractivity contribution in [3.8, 4) is 6.07 Å². The van der Waals surface area contributed by atoms with Gasteiger partial charge in [0.2, 0.25) is 5.91 Å². The van der Waals surface area contributed by atoms with E-state index in [9.17, 15) is 4.79 Å². The topological polar surface area (TPSA) is 64.9 Å². The monoisotopic (exact) mass is 245 g/mol. The Morgan fingerprint density at radius 3 is 2.89 bits per heavy atom. The molecule has 96 valence electrons. The Balaban J connectivity index is 2.29. The molecule has 0 aliphatic rings. The first-order chi connectivity index (χ1) is 8.61. The van der Waals surface area contributed by atoms with Crippen LogP contribution in [0.25, 0.3) is 0 Å². The SMILES string of the molecule is CC(C)CNC(=O)CNCc1cccc(C#N)c1. The Labute approximate surface area is 108 Å². The highest BCUT2D eigenvalue weighted by molar-refractivity contribution is 5.77. The summed E-state index contributed by atoms with van der Waals surface area (Å²) < 4.78 is 0. The largest absolute Gasteiger partial charge is 0.355 e. The molecule has 0 saturated carbocycles. The van der Waals surface area contributed by atoms with Gasteiger partial charge in [-0.2, -0.15) is 5.26 Å². The lowest BCUT2D eigenvalue weighted by molar-refractivity contribution is -0.120. The van der Waals surface area contributed by atoms with E-state index in [1.165, 1.54) is 0 Å². The van der Waals surface area contributed by atoms with E-state index in [0.29, 0.717) is 31.1 Å². The third-order valence-electron chi connectivity index (χ3n) is 2.38. The Bertz CT molecular complexity index is 435. The smallest absolute Gasteiger partial charge is 0.233 e. The lowest BCUT2D eigenvalue weighted by Crippen LogP contribution is -2.35. The van der Waals surface area contributed by atoms with Gasteiger partial charge in [0.1, 0.15) is 0 Å². The van der Waals surface area contributed by atoms with Crippen LogP contribution in [0.2, 0.25) is 0 Å². The van der Waals surface area contributed by atoms with Gasteiger partial charge >= 0.3 is 0 Å². The molecule has 1 rings (SSSR count). The molecule has 0 fully saturated rings. The molecule has 1 aromatic carbocycles. The van der Waals surface area contributed by atoms with Gasteiger partial charge in [0, 0.05) is 13.1 Å². The minimum atomic E-state index is 0.000128. The molecule has 2 N–H and O–H groups in total. The van der Waals surface area contributed by atoms with Crippen LogP contribution >= 0.6 is 0 Å². The summed E-state index contributed by atoms with van der Waals surface area (Å²) in [6.45, 7) is 5.70. The zero-order chi connectivity index (χ0) is 13.4. The van der Waals surface area contributed by atoms with Gasteiger partial charge in [0.05, 0.1) is 18.2 Å². The normalized spacial score (nSPS) is 10.1. The Hall–Kier alpha value is -1.86. The summed E-state index contributed by atoms with van der Waals surface area (Å²) in [6, 6.07) is 9.45. The minimum absolute atomic E-state index is 0.000128. The first kappa shape index (κ1) is 14.2.